The monoisotopic (exact) mass is 252 g/mol. The largest absolute Gasteiger partial charge is 0.398 e. The highest BCUT2D eigenvalue weighted by molar-refractivity contribution is 7.99. The van der Waals surface area contributed by atoms with Crippen LogP contribution in [0.3, 0.4) is 0 Å². The molecule has 2 nitrogen and oxygen atoms in total. The second-order valence-corrected chi connectivity index (χ2v) is 5.77. The molecule has 0 saturated carbocycles. The summed E-state index contributed by atoms with van der Waals surface area (Å²) in [7, 11) is 0. The molecule has 0 aliphatic heterocycles. The van der Waals surface area contributed by atoms with E-state index < -0.39 is 0 Å². The first-order valence-electron chi connectivity index (χ1n) is 5.54. The maximum absolute atomic E-state index is 13.0. The molecule has 0 aromatic heterocycles. The van der Waals surface area contributed by atoms with Crippen LogP contribution in [0.1, 0.15) is 26.7 Å². The van der Waals surface area contributed by atoms with Gasteiger partial charge in [0.2, 0.25) is 0 Å². The van der Waals surface area contributed by atoms with Crippen LogP contribution in [0.25, 0.3) is 0 Å². The van der Waals surface area contributed by atoms with E-state index in [9.17, 15) is 4.39 Å². The Morgan fingerprint density at radius 1 is 1.47 bits per heavy atom. The Hall–Kier alpha value is -1.21. The van der Waals surface area contributed by atoms with Crippen molar-refractivity contribution in [3.8, 4) is 6.07 Å². The van der Waals surface area contributed by atoms with Crippen LogP contribution in [0.15, 0.2) is 23.1 Å². The zero-order valence-electron chi connectivity index (χ0n) is 10.2. The summed E-state index contributed by atoms with van der Waals surface area (Å²) >= 11 is 1.54. The van der Waals surface area contributed by atoms with Gasteiger partial charge in [-0.15, -0.1) is 11.8 Å². The van der Waals surface area contributed by atoms with E-state index in [2.05, 4.69) is 6.07 Å². The molecule has 1 aromatic carbocycles. The van der Waals surface area contributed by atoms with E-state index in [1.165, 1.54) is 23.9 Å². The normalized spacial score (nSPS) is 11.2. The van der Waals surface area contributed by atoms with Crippen molar-refractivity contribution in [2.75, 3.05) is 11.5 Å². The van der Waals surface area contributed by atoms with E-state index in [-0.39, 0.29) is 11.2 Å². The van der Waals surface area contributed by atoms with Crippen molar-refractivity contribution in [1.29, 1.82) is 5.26 Å². The number of nitriles is 1. The summed E-state index contributed by atoms with van der Waals surface area (Å²) < 4.78 is 13.0. The zero-order chi connectivity index (χ0) is 12.9. The number of nitrogens with zero attached hydrogens (tertiary/aromatic N) is 1. The maximum Gasteiger partial charge on any atom is 0.124 e. The maximum atomic E-state index is 13.0. The summed E-state index contributed by atoms with van der Waals surface area (Å²) in [5.74, 6) is 0.581. The first kappa shape index (κ1) is 13.9. The minimum Gasteiger partial charge on any atom is -0.398 e. The summed E-state index contributed by atoms with van der Waals surface area (Å²) in [5, 5.41) is 8.86. The number of rotatable bonds is 5. The van der Waals surface area contributed by atoms with Crippen molar-refractivity contribution in [1.82, 2.24) is 0 Å². The van der Waals surface area contributed by atoms with Gasteiger partial charge < -0.3 is 5.73 Å². The Morgan fingerprint density at radius 3 is 2.82 bits per heavy atom. The molecule has 1 aromatic rings. The number of anilines is 1. The molecule has 1 rings (SSSR count). The Labute approximate surface area is 106 Å². The van der Waals surface area contributed by atoms with Gasteiger partial charge in [0.25, 0.3) is 0 Å². The number of benzene rings is 1. The summed E-state index contributed by atoms with van der Waals surface area (Å²) in [4.78, 5) is 0.778. The molecule has 92 valence electrons. The number of thioether (sulfide) groups is 1. The van der Waals surface area contributed by atoms with Crippen LogP contribution < -0.4 is 5.73 Å². The summed E-state index contributed by atoms with van der Waals surface area (Å²) in [6.45, 7) is 3.85. The predicted octanol–water partition coefficient (Wildman–Crippen LogP) is 3.83. The molecule has 0 amide bonds. The van der Waals surface area contributed by atoms with Gasteiger partial charge in [-0.3, -0.25) is 0 Å². The summed E-state index contributed by atoms with van der Waals surface area (Å²) in [5.41, 5.74) is 6.07. The quantitative estimate of drug-likeness (QED) is 0.492. The van der Waals surface area contributed by atoms with E-state index in [1.807, 2.05) is 13.8 Å². The molecule has 0 heterocycles. The van der Waals surface area contributed by atoms with Gasteiger partial charge in [-0.2, -0.15) is 5.26 Å². The fraction of sp³-hybridized carbons (Fsp3) is 0.462. The zero-order valence-corrected chi connectivity index (χ0v) is 11.0. The van der Waals surface area contributed by atoms with E-state index in [0.717, 1.165) is 23.5 Å². The summed E-state index contributed by atoms with van der Waals surface area (Å²) in [6, 6.07) is 6.66. The standard InChI is InChI=1S/C13H17FN2S/c1-13(2,9-15)6-3-7-17-12-8-10(14)4-5-11(12)16/h4-5,8H,3,6-7,16H2,1-2H3. The molecule has 0 aliphatic rings. The molecule has 4 heteroatoms. The Bertz CT molecular complexity index is 424. The Balaban J connectivity index is 2.42. The number of hydrogen-bond acceptors (Lipinski definition) is 3. The van der Waals surface area contributed by atoms with Crippen LogP contribution in [-0.2, 0) is 0 Å². The Kier molecular flexibility index (Phi) is 4.83. The average molecular weight is 252 g/mol. The first-order valence-corrected chi connectivity index (χ1v) is 6.52. The molecule has 2 N–H and O–H groups in total. The van der Waals surface area contributed by atoms with Crippen molar-refractivity contribution in [2.45, 2.75) is 31.6 Å². The smallest absolute Gasteiger partial charge is 0.124 e. The molecule has 0 atom stereocenters. The first-order chi connectivity index (χ1) is 7.94. The van der Waals surface area contributed by atoms with Gasteiger partial charge in [-0.25, -0.2) is 4.39 Å². The lowest BCUT2D eigenvalue weighted by Gasteiger charge is -2.14. The third-order valence-corrected chi connectivity index (χ3v) is 3.64. The van der Waals surface area contributed by atoms with Gasteiger partial charge in [0.05, 0.1) is 11.5 Å². The van der Waals surface area contributed by atoms with Crippen molar-refractivity contribution in [3.63, 3.8) is 0 Å². The molecule has 0 radical (unpaired) electrons. The SMILES string of the molecule is CC(C)(C#N)CCCSc1cc(F)ccc1N. The average Bonchev–Trinajstić information content (AvgIpc) is 2.29. The topological polar surface area (TPSA) is 49.8 Å². The summed E-state index contributed by atoms with van der Waals surface area (Å²) in [6.07, 6.45) is 1.76. The fourth-order valence-corrected chi connectivity index (χ4v) is 2.32. The van der Waals surface area contributed by atoms with Crippen LogP contribution in [0.4, 0.5) is 10.1 Å². The predicted molar refractivity (Wildman–Crippen MR) is 70.2 cm³/mol. The lowest BCUT2D eigenvalue weighted by atomic mass is 9.90. The van der Waals surface area contributed by atoms with E-state index >= 15 is 0 Å². The number of nitrogen functional groups attached to an aromatic ring is 1. The van der Waals surface area contributed by atoms with Crippen molar-refractivity contribution >= 4 is 17.4 Å². The number of nitrogens with two attached hydrogens (primary N) is 1. The van der Waals surface area contributed by atoms with E-state index in [4.69, 9.17) is 11.0 Å². The second-order valence-electron chi connectivity index (χ2n) is 4.63. The van der Waals surface area contributed by atoms with Crippen LogP contribution >= 0.6 is 11.8 Å². The third kappa shape index (κ3) is 4.66. The molecule has 17 heavy (non-hydrogen) atoms. The highest BCUT2D eigenvalue weighted by Gasteiger charge is 2.15. The van der Waals surface area contributed by atoms with Gasteiger partial charge in [0.1, 0.15) is 5.82 Å². The molecule has 0 saturated heterocycles. The van der Waals surface area contributed by atoms with Crippen molar-refractivity contribution in [3.05, 3.63) is 24.0 Å². The van der Waals surface area contributed by atoms with Gasteiger partial charge in [0, 0.05) is 10.6 Å². The minimum absolute atomic E-state index is 0.265. The van der Waals surface area contributed by atoms with Gasteiger partial charge in [0.15, 0.2) is 0 Å². The molecule has 0 fully saturated rings. The van der Waals surface area contributed by atoms with Crippen LogP contribution in [0.2, 0.25) is 0 Å². The van der Waals surface area contributed by atoms with Crippen LogP contribution in [0.5, 0.6) is 0 Å². The van der Waals surface area contributed by atoms with Crippen molar-refractivity contribution in [2.24, 2.45) is 5.41 Å². The molecule has 0 aliphatic carbocycles. The lowest BCUT2D eigenvalue weighted by Crippen LogP contribution is -2.07. The number of hydrogen-bond donors (Lipinski definition) is 1. The van der Waals surface area contributed by atoms with E-state index in [1.54, 1.807) is 6.07 Å². The highest BCUT2D eigenvalue weighted by Crippen LogP contribution is 2.28. The molecule has 0 spiro atoms. The van der Waals surface area contributed by atoms with Gasteiger partial charge in [-0.1, -0.05) is 0 Å². The number of halogens is 1. The lowest BCUT2D eigenvalue weighted by molar-refractivity contribution is 0.448. The Morgan fingerprint density at radius 2 is 2.18 bits per heavy atom. The molecule has 0 unspecified atom stereocenters. The van der Waals surface area contributed by atoms with E-state index in [0.29, 0.717) is 5.69 Å². The minimum atomic E-state index is -0.284. The molecular weight excluding hydrogens is 235 g/mol. The molecule has 0 bridgehead atoms. The van der Waals surface area contributed by atoms with Crippen molar-refractivity contribution < 1.29 is 4.39 Å². The van der Waals surface area contributed by atoms with Gasteiger partial charge in [-0.05, 0) is 50.6 Å². The highest BCUT2D eigenvalue weighted by atomic mass is 32.2. The second kappa shape index (κ2) is 5.92. The van der Waals surface area contributed by atoms with Crippen LogP contribution in [-0.4, -0.2) is 5.75 Å². The molecular formula is C13H17FN2S. The third-order valence-electron chi connectivity index (χ3n) is 2.48. The fourth-order valence-electron chi connectivity index (χ4n) is 1.39. The van der Waals surface area contributed by atoms with Gasteiger partial charge >= 0.3 is 0 Å². The van der Waals surface area contributed by atoms with Crippen LogP contribution in [0, 0.1) is 22.6 Å².